The van der Waals surface area contributed by atoms with Crippen LogP contribution in [-0.4, -0.2) is 23.8 Å². The van der Waals surface area contributed by atoms with Crippen molar-refractivity contribution < 1.29 is 14.4 Å². The van der Waals surface area contributed by atoms with Crippen molar-refractivity contribution in [3.05, 3.63) is 28.8 Å². The summed E-state index contributed by atoms with van der Waals surface area (Å²) in [5.41, 5.74) is 17.4. The van der Waals surface area contributed by atoms with Crippen LogP contribution in [0.5, 0.6) is 0 Å². The predicted molar refractivity (Wildman–Crippen MR) is 97.9 cm³/mol. The molecule has 3 amide bonds. The summed E-state index contributed by atoms with van der Waals surface area (Å²) >= 11 is 6.09. The third kappa shape index (κ3) is 9.07. The Bertz CT molecular complexity index is 622. The molecule has 1 rings (SSSR count). The number of aryl methyl sites for hydroxylation is 1. The van der Waals surface area contributed by atoms with E-state index in [2.05, 4.69) is 5.32 Å². The van der Waals surface area contributed by atoms with E-state index in [0.717, 1.165) is 31.2 Å². The van der Waals surface area contributed by atoms with E-state index in [0.29, 0.717) is 17.1 Å². The van der Waals surface area contributed by atoms with Gasteiger partial charge in [0.2, 0.25) is 17.7 Å². The summed E-state index contributed by atoms with van der Waals surface area (Å²) < 4.78 is 0. The maximum absolute atomic E-state index is 12.0. The third-order valence-corrected chi connectivity index (χ3v) is 3.87. The van der Waals surface area contributed by atoms with Crippen molar-refractivity contribution >= 4 is 35.0 Å². The number of hydrogen-bond donors (Lipinski definition) is 4. The topological polar surface area (TPSA) is 141 Å². The molecule has 0 spiro atoms. The van der Waals surface area contributed by atoms with Gasteiger partial charge in [0.25, 0.3) is 0 Å². The van der Waals surface area contributed by atoms with Crippen LogP contribution in [0.15, 0.2) is 18.2 Å². The van der Waals surface area contributed by atoms with E-state index in [1.165, 1.54) is 0 Å². The van der Waals surface area contributed by atoms with E-state index >= 15 is 0 Å². The van der Waals surface area contributed by atoms with Gasteiger partial charge in [0.1, 0.15) is 0 Å². The number of unbranched alkanes of at least 4 members (excludes halogenated alkanes) is 2. The number of benzene rings is 1. The molecule has 7 N–H and O–H groups in total. The Morgan fingerprint density at radius 3 is 2.32 bits per heavy atom. The van der Waals surface area contributed by atoms with Crippen molar-refractivity contribution in [3.8, 4) is 0 Å². The van der Waals surface area contributed by atoms with Crippen LogP contribution >= 0.6 is 11.6 Å². The van der Waals surface area contributed by atoms with Gasteiger partial charge in [-0.05, 0) is 49.4 Å². The highest BCUT2D eigenvalue weighted by molar-refractivity contribution is 6.31. The van der Waals surface area contributed by atoms with Crippen LogP contribution in [0.2, 0.25) is 5.02 Å². The van der Waals surface area contributed by atoms with Gasteiger partial charge in [-0.15, -0.1) is 0 Å². The first-order chi connectivity index (χ1) is 11.8. The molecule has 0 aromatic heterocycles. The summed E-state index contributed by atoms with van der Waals surface area (Å²) in [5.74, 6) is -1.18. The smallest absolute Gasteiger partial charge is 0.241 e. The minimum atomic E-state index is -0.816. The minimum Gasteiger partial charge on any atom is -0.370 e. The zero-order valence-corrected chi connectivity index (χ0v) is 14.8. The van der Waals surface area contributed by atoms with E-state index in [1.54, 1.807) is 6.07 Å². The fourth-order valence-electron chi connectivity index (χ4n) is 2.34. The predicted octanol–water partition coefficient (Wildman–Crippen LogP) is 1.46. The van der Waals surface area contributed by atoms with Gasteiger partial charge in [-0.2, -0.15) is 0 Å². The highest BCUT2D eigenvalue weighted by Crippen LogP contribution is 2.21. The van der Waals surface area contributed by atoms with Crippen molar-refractivity contribution in [1.82, 2.24) is 0 Å². The molecular formula is C17H25ClN4O3. The molecule has 0 aliphatic heterocycles. The number of amides is 3. The Hall–Kier alpha value is -2.12. The average molecular weight is 369 g/mol. The summed E-state index contributed by atoms with van der Waals surface area (Å²) in [4.78, 5) is 33.5. The summed E-state index contributed by atoms with van der Waals surface area (Å²) in [5, 5.41) is 3.21. The molecule has 0 saturated heterocycles. The van der Waals surface area contributed by atoms with Crippen LogP contribution in [-0.2, 0) is 20.8 Å². The third-order valence-electron chi connectivity index (χ3n) is 3.65. The van der Waals surface area contributed by atoms with Gasteiger partial charge in [0, 0.05) is 23.6 Å². The van der Waals surface area contributed by atoms with Gasteiger partial charge in [0.15, 0.2) is 0 Å². The molecule has 1 atom stereocenters. The molecule has 0 aliphatic carbocycles. The first kappa shape index (κ1) is 20.9. The first-order valence-electron chi connectivity index (χ1n) is 8.20. The lowest BCUT2D eigenvalue weighted by atomic mass is 10.0. The van der Waals surface area contributed by atoms with Crippen LogP contribution in [0.1, 0.15) is 44.1 Å². The van der Waals surface area contributed by atoms with Crippen LogP contribution < -0.4 is 22.5 Å². The van der Waals surface area contributed by atoms with Gasteiger partial charge >= 0.3 is 0 Å². The maximum Gasteiger partial charge on any atom is 0.241 e. The second-order valence-corrected chi connectivity index (χ2v) is 6.41. The lowest BCUT2D eigenvalue weighted by molar-refractivity contribution is -0.120. The number of nitrogens with one attached hydrogen (secondary N) is 1. The number of nitrogens with two attached hydrogens (primary N) is 3. The standard InChI is InChI=1S/C17H25ClN4O3/c18-12-8-11(4-2-1-3-5-15(20)23)9-13(10-12)22-17(25)14(19)6-7-16(21)24/h8-10,14H,1-7,19H2,(H2,20,23)(H2,21,24)(H,22,25)/t14-/m0/s1. The highest BCUT2D eigenvalue weighted by atomic mass is 35.5. The van der Waals surface area contributed by atoms with Gasteiger partial charge in [-0.3, -0.25) is 14.4 Å². The molecule has 138 valence electrons. The molecule has 25 heavy (non-hydrogen) atoms. The van der Waals surface area contributed by atoms with Crippen molar-refractivity contribution in [1.29, 1.82) is 0 Å². The van der Waals surface area contributed by atoms with Crippen molar-refractivity contribution in [3.63, 3.8) is 0 Å². The summed E-state index contributed by atoms with van der Waals surface area (Å²) in [6.07, 6.45) is 3.94. The SMILES string of the molecule is NC(=O)CCCCCc1cc(Cl)cc(NC(=O)[C@@H](N)CCC(N)=O)c1. The number of carbonyl (C=O) groups excluding carboxylic acids is 3. The van der Waals surface area contributed by atoms with E-state index in [4.69, 9.17) is 28.8 Å². The summed E-state index contributed by atoms with van der Waals surface area (Å²) in [7, 11) is 0. The quantitative estimate of drug-likeness (QED) is 0.438. The monoisotopic (exact) mass is 368 g/mol. The zero-order valence-electron chi connectivity index (χ0n) is 14.1. The number of hydrogen-bond acceptors (Lipinski definition) is 4. The van der Waals surface area contributed by atoms with Crippen molar-refractivity contribution in [2.45, 2.75) is 51.0 Å². The number of halogens is 1. The number of rotatable bonds is 11. The molecule has 0 fully saturated rings. The normalized spacial score (nSPS) is 11.8. The van der Waals surface area contributed by atoms with E-state index in [1.807, 2.05) is 12.1 Å². The second-order valence-electron chi connectivity index (χ2n) is 5.98. The molecule has 0 radical (unpaired) electrons. The Morgan fingerprint density at radius 2 is 1.68 bits per heavy atom. The van der Waals surface area contributed by atoms with Crippen LogP contribution in [0.3, 0.4) is 0 Å². The van der Waals surface area contributed by atoms with E-state index in [-0.39, 0.29) is 18.7 Å². The molecular weight excluding hydrogens is 344 g/mol. The Morgan fingerprint density at radius 1 is 1.00 bits per heavy atom. The van der Waals surface area contributed by atoms with Gasteiger partial charge in [-0.25, -0.2) is 0 Å². The Labute approximate surface area is 152 Å². The zero-order chi connectivity index (χ0) is 18.8. The summed E-state index contributed by atoms with van der Waals surface area (Å²) in [6.45, 7) is 0. The molecule has 7 nitrogen and oxygen atoms in total. The number of carbonyl (C=O) groups is 3. The Kier molecular flexibility index (Phi) is 8.94. The van der Waals surface area contributed by atoms with Crippen LogP contribution in [0.4, 0.5) is 5.69 Å². The van der Waals surface area contributed by atoms with E-state index in [9.17, 15) is 14.4 Å². The lowest BCUT2D eigenvalue weighted by Crippen LogP contribution is -2.36. The summed E-state index contributed by atoms with van der Waals surface area (Å²) in [6, 6.07) is 4.48. The molecule has 0 unspecified atom stereocenters. The molecule has 0 heterocycles. The first-order valence-corrected chi connectivity index (χ1v) is 8.58. The average Bonchev–Trinajstić information content (AvgIpc) is 2.51. The van der Waals surface area contributed by atoms with Crippen molar-refractivity contribution in [2.75, 3.05) is 5.32 Å². The number of primary amides is 2. The number of anilines is 1. The Balaban J connectivity index is 2.54. The largest absolute Gasteiger partial charge is 0.370 e. The van der Waals surface area contributed by atoms with E-state index < -0.39 is 17.9 Å². The minimum absolute atomic E-state index is 0.0562. The second kappa shape index (κ2) is 10.7. The van der Waals surface area contributed by atoms with Crippen LogP contribution in [0.25, 0.3) is 0 Å². The molecule has 1 aromatic carbocycles. The highest BCUT2D eigenvalue weighted by Gasteiger charge is 2.15. The maximum atomic E-state index is 12.0. The molecule has 0 bridgehead atoms. The molecule has 0 saturated carbocycles. The van der Waals surface area contributed by atoms with Gasteiger partial charge in [-0.1, -0.05) is 18.0 Å². The van der Waals surface area contributed by atoms with Crippen molar-refractivity contribution in [2.24, 2.45) is 17.2 Å². The van der Waals surface area contributed by atoms with Crippen LogP contribution in [0, 0.1) is 0 Å². The lowest BCUT2D eigenvalue weighted by Gasteiger charge is -2.13. The fraction of sp³-hybridized carbons (Fsp3) is 0.471. The molecule has 0 aliphatic rings. The van der Waals surface area contributed by atoms with Gasteiger partial charge < -0.3 is 22.5 Å². The fourth-order valence-corrected chi connectivity index (χ4v) is 2.59. The molecule has 8 heteroatoms. The van der Waals surface area contributed by atoms with Gasteiger partial charge in [0.05, 0.1) is 6.04 Å². The molecule has 1 aromatic rings.